The third kappa shape index (κ3) is 1.74. The minimum Gasteiger partial charge on any atom is -0.390 e. The summed E-state index contributed by atoms with van der Waals surface area (Å²) in [6.07, 6.45) is 1.91. The van der Waals surface area contributed by atoms with E-state index in [0.717, 1.165) is 21.9 Å². The van der Waals surface area contributed by atoms with Crippen molar-refractivity contribution in [3.05, 3.63) is 46.6 Å². The van der Waals surface area contributed by atoms with Crippen LogP contribution in [0.4, 0.5) is 0 Å². The average molecular weight is 265 g/mol. The summed E-state index contributed by atoms with van der Waals surface area (Å²) in [5.74, 6) is 0. The van der Waals surface area contributed by atoms with E-state index in [1.54, 1.807) is 11.3 Å². The fourth-order valence-electron chi connectivity index (χ4n) is 1.82. The number of thiazole rings is 1. The van der Waals surface area contributed by atoms with Crippen LogP contribution in [0.15, 0.2) is 35.8 Å². The van der Waals surface area contributed by atoms with Gasteiger partial charge in [0.05, 0.1) is 18.0 Å². The number of hydrogen-bond acceptors (Lipinski definition) is 3. The molecule has 0 radical (unpaired) electrons. The lowest BCUT2D eigenvalue weighted by Gasteiger charge is -2.01. The Bertz CT molecular complexity index is 657. The zero-order valence-electron chi connectivity index (χ0n) is 8.80. The van der Waals surface area contributed by atoms with Crippen LogP contribution in [0, 0.1) is 0 Å². The van der Waals surface area contributed by atoms with E-state index in [0.29, 0.717) is 5.02 Å². The van der Waals surface area contributed by atoms with Gasteiger partial charge in [0.2, 0.25) is 0 Å². The number of hydrogen-bond donors (Lipinski definition) is 1. The predicted molar refractivity (Wildman–Crippen MR) is 69.4 cm³/mol. The Hall–Kier alpha value is -1.36. The molecule has 86 valence electrons. The average Bonchev–Trinajstić information content (AvgIpc) is 2.89. The molecule has 17 heavy (non-hydrogen) atoms. The third-order valence-electron chi connectivity index (χ3n) is 2.63. The Balaban J connectivity index is 2.22. The summed E-state index contributed by atoms with van der Waals surface area (Å²) in [6.45, 7) is -0.0319. The number of aromatic nitrogens is 2. The number of halogens is 1. The molecule has 0 unspecified atom stereocenters. The highest BCUT2D eigenvalue weighted by Gasteiger charge is 2.13. The first kappa shape index (κ1) is 10.8. The SMILES string of the molecule is OCc1c(-c2ccc(Cl)cc2)nc2sccn12. The molecule has 0 bridgehead atoms. The lowest BCUT2D eigenvalue weighted by atomic mass is 10.1. The maximum atomic E-state index is 9.46. The Morgan fingerprint density at radius 2 is 2.06 bits per heavy atom. The van der Waals surface area contributed by atoms with Crippen LogP contribution >= 0.6 is 22.9 Å². The Kier molecular flexibility index (Phi) is 2.63. The van der Waals surface area contributed by atoms with Gasteiger partial charge in [-0.2, -0.15) is 0 Å². The first-order chi connectivity index (χ1) is 8.29. The van der Waals surface area contributed by atoms with Crippen LogP contribution in [-0.2, 0) is 6.61 Å². The molecule has 0 aliphatic heterocycles. The molecule has 1 aromatic carbocycles. The molecule has 2 aromatic heterocycles. The third-order valence-corrected chi connectivity index (χ3v) is 3.64. The molecule has 0 aliphatic rings. The molecule has 0 amide bonds. The maximum Gasteiger partial charge on any atom is 0.194 e. The van der Waals surface area contributed by atoms with Gasteiger partial charge < -0.3 is 5.11 Å². The van der Waals surface area contributed by atoms with Gasteiger partial charge in [-0.3, -0.25) is 4.40 Å². The molecular formula is C12H9ClN2OS. The topological polar surface area (TPSA) is 37.5 Å². The van der Waals surface area contributed by atoms with Crippen molar-refractivity contribution < 1.29 is 5.11 Å². The molecule has 3 aromatic rings. The van der Waals surface area contributed by atoms with Crippen molar-refractivity contribution in [3.63, 3.8) is 0 Å². The molecule has 0 fully saturated rings. The van der Waals surface area contributed by atoms with E-state index >= 15 is 0 Å². The largest absolute Gasteiger partial charge is 0.390 e. The molecule has 0 saturated heterocycles. The van der Waals surface area contributed by atoms with E-state index in [2.05, 4.69) is 4.98 Å². The van der Waals surface area contributed by atoms with Gasteiger partial charge in [-0.1, -0.05) is 23.7 Å². The molecule has 0 aliphatic carbocycles. The Morgan fingerprint density at radius 3 is 2.76 bits per heavy atom. The van der Waals surface area contributed by atoms with E-state index in [9.17, 15) is 5.11 Å². The minimum absolute atomic E-state index is 0.0319. The maximum absolute atomic E-state index is 9.46. The van der Waals surface area contributed by atoms with E-state index in [1.807, 2.05) is 40.2 Å². The number of nitrogens with zero attached hydrogens (tertiary/aromatic N) is 2. The molecule has 1 N–H and O–H groups in total. The zero-order chi connectivity index (χ0) is 11.8. The molecule has 3 nitrogen and oxygen atoms in total. The molecular weight excluding hydrogens is 256 g/mol. The number of imidazole rings is 1. The van der Waals surface area contributed by atoms with Gasteiger partial charge in [0.25, 0.3) is 0 Å². The van der Waals surface area contributed by atoms with Crippen LogP contribution in [0.3, 0.4) is 0 Å². The van der Waals surface area contributed by atoms with Crippen LogP contribution in [-0.4, -0.2) is 14.5 Å². The van der Waals surface area contributed by atoms with E-state index in [-0.39, 0.29) is 6.61 Å². The van der Waals surface area contributed by atoms with Crippen LogP contribution in [0.5, 0.6) is 0 Å². The molecule has 0 saturated carbocycles. The summed E-state index contributed by atoms with van der Waals surface area (Å²) in [5, 5.41) is 12.1. The summed E-state index contributed by atoms with van der Waals surface area (Å²) >= 11 is 7.41. The van der Waals surface area contributed by atoms with E-state index in [1.165, 1.54) is 0 Å². The van der Waals surface area contributed by atoms with Crippen molar-refractivity contribution in [2.75, 3.05) is 0 Å². The second-order valence-electron chi connectivity index (χ2n) is 3.63. The van der Waals surface area contributed by atoms with Gasteiger partial charge in [-0.15, -0.1) is 11.3 Å². The first-order valence-electron chi connectivity index (χ1n) is 5.11. The van der Waals surface area contributed by atoms with Crippen molar-refractivity contribution in [1.82, 2.24) is 9.38 Å². The number of aliphatic hydroxyl groups is 1. The zero-order valence-corrected chi connectivity index (χ0v) is 10.4. The lowest BCUT2D eigenvalue weighted by molar-refractivity contribution is 0.276. The smallest absolute Gasteiger partial charge is 0.194 e. The summed E-state index contributed by atoms with van der Waals surface area (Å²) in [5.41, 5.74) is 2.59. The summed E-state index contributed by atoms with van der Waals surface area (Å²) in [7, 11) is 0. The number of benzene rings is 1. The van der Waals surface area contributed by atoms with Crippen LogP contribution in [0.25, 0.3) is 16.2 Å². The molecule has 3 rings (SSSR count). The van der Waals surface area contributed by atoms with Crippen molar-refractivity contribution in [3.8, 4) is 11.3 Å². The quantitative estimate of drug-likeness (QED) is 0.772. The Morgan fingerprint density at radius 1 is 1.29 bits per heavy atom. The van der Waals surface area contributed by atoms with Gasteiger partial charge in [-0.05, 0) is 12.1 Å². The summed E-state index contributed by atoms with van der Waals surface area (Å²) in [4.78, 5) is 5.41. The van der Waals surface area contributed by atoms with Crippen molar-refractivity contribution in [1.29, 1.82) is 0 Å². The standard InChI is InChI=1S/C12H9ClN2OS/c13-9-3-1-8(2-4-9)11-10(7-16)15-5-6-17-12(15)14-11/h1-6,16H,7H2. The molecule has 0 atom stereocenters. The number of aliphatic hydroxyl groups excluding tert-OH is 1. The van der Waals surface area contributed by atoms with Gasteiger partial charge in [0, 0.05) is 22.2 Å². The van der Waals surface area contributed by atoms with Crippen molar-refractivity contribution >= 4 is 27.9 Å². The van der Waals surface area contributed by atoms with Gasteiger partial charge in [0.15, 0.2) is 4.96 Å². The van der Waals surface area contributed by atoms with Crippen LogP contribution in [0.2, 0.25) is 5.02 Å². The number of rotatable bonds is 2. The second kappa shape index (κ2) is 4.14. The molecule has 2 heterocycles. The van der Waals surface area contributed by atoms with Crippen LogP contribution < -0.4 is 0 Å². The second-order valence-corrected chi connectivity index (χ2v) is 4.94. The summed E-state index contributed by atoms with van der Waals surface area (Å²) in [6, 6.07) is 7.47. The normalized spacial score (nSPS) is 11.2. The molecule has 5 heteroatoms. The fourth-order valence-corrected chi connectivity index (χ4v) is 2.68. The first-order valence-corrected chi connectivity index (χ1v) is 6.36. The van der Waals surface area contributed by atoms with Crippen LogP contribution in [0.1, 0.15) is 5.69 Å². The van der Waals surface area contributed by atoms with Crippen molar-refractivity contribution in [2.24, 2.45) is 0 Å². The van der Waals surface area contributed by atoms with E-state index < -0.39 is 0 Å². The highest BCUT2D eigenvalue weighted by molar-refractivity contribution is 7.15. The summed E-state index contributed by atoms with van der Waals surface area (Å²) < 4.78 is 1.91. The highest BCUT2D eigenvalue weighted by atomic mass is 35.5. The van der Waals surface area contributed by atoms with Gasteiger partial charge >= 0.3 is 0 Å². The van der Waals surface area contributed by atoms with Crippen molar-refractivity contribution in [2.45, 2.75) is 6.61 Å². The Labute approximate surface area is 107 Å². The molecule has 0 spiro atoms. The predicted octanol–water partition coefficient (Wildman–Crippen LogP) is 3.21. The lowest BCUT2D eigenvalue weighted by Crippen LogP contribution is -1.91. The van der Waals surface area contributed by atoms with Gasteiger partial charge in [0.1, 0.15) is 0 Å². The monoisotopic (exact) mass is 264 g/mol. The highest BCUT2D eigenvalue weighted by Crippen LogP contribution is 2.27. The minimum atomic E-state index is -0.0319. The van der Waals surface area contributed by atoms with E-state index in [4.69, 9.17) is 11.6 Å². The fraction of sp³-hybridized carbons (Fsp3) is 0.0833. The number of fused-ring (bicyclic) bond motifs is 1. The van der Waals surface area contributed by atoms with Gasteiger partial charge in [-0.25, -0.2) is 4.98 Å².